The Hall–Kier alpha value is -3.42. The molecule has 0 spiro atoms. The van der Waals surface area contributed by atoms with Crippen molar-refractivity contribution in [2.45, 2.75) is 25.7 Å². The van der Waals surface area contributed by atoms with Gasteiger partial charge in [-0.25, -0.2) is 19.9 Å². The molecule has 1 saturated heterocycles. The Kier molecular flexibility index (Phi) is 5.18. The number of pyridine rings is 1. The van der Waals surface area contributed by atoms with E-state index in [1.807, 2.05) is 23.1 Å². The zero-order valence-electron chi connectivity index (χ0n) is 15.6. The highest BCUT2D eigenvalue weighted by Crippen LogP contribution is 2.28. The molecule has 1 fully saturated rings. The summed E-state index contributed by atoms with van der Waals surface area (Å²) >= 11 is 0. The van der Waals surface area contributed by atoms with Crippen LogP contribution < -0.4 is 5.32 Å². The number of carbonyl (C=O) groups is 1. The molecule has 1 N–H and O–H groups in total. The summed E-state index contributed by atoms with van der Waals surface area (Å²) in [5, 5.41) is 3.29. The van der Waals surface area contributed by atoms with Gasteiger partial charge in [0.2, 0.25) is 5.91 Å². The van der Waals surface area contributed by atoms with Crippen LogP contribution in [0.25, 0.3) is 11.3 Å². The number of likely N-dealkylation sites (tertiary alicyclic amines) is 1. The molecule has 4 heterocycles. The van der Waals surface area contributed by atoms with Crippen LogP contribution in [0, 0.1) is 0 Å². The highest BCUT2D eigenvalue weighted by Gasteiger charge is 2.25. The normalized spacial score (nSPS) is 16.6. The summed E-state index contributed by atoms with van der Waals surface area (Å²) in [5.41, 5.74) is 2.41. The Morgan fingerprint density at radius 2 is 2.04 bits per heavy atom. The molecule has 1 aliphatic heterocycles. The van der Waals surface area contributed by atoms with E-state index in [0.29, 0.717) is 12.4 Å². The number of rotatable bonds is 4. The first kappa shape index (κ1) is 18.0. The lowest BCUT2D eigenvalue weighted by Crippen LogP contribution is -2.38. The third-order valence-electron chi connectivity index (χ3n) is 4.77. The lowest BCUT2D eigenvalue weighted by molar-refractivity contribution is -0.130. The van der Waals surface area contributed by atoms with Crippen molar-refractivity contribution in [1.82, 2.24) is 29.8 Å². The van der Waals surface area contributed by atoms with Crippen LogP contribution in [0.2, 0.25) is 0 Å². The summed E-state index contributed by atoms with van der Waals surface area (Å²) in [7, 11) is 0. The fraction of sp³-hybridized carbons (Fsp3) is 0.300. The number of anilines is 2. The molecule has 0 aromatic carbocycles. The Balaban J connectivity index is 1.70. The minimum absolute atomic E-state index is 0.0889. The first-order chi connectivity index (χ1) is 13.7. The predicted octanol–water partition coefficient (Wildman–Crippen LogP) is 2.80. The zero-order valence-corrected chi connectivity index (χ0v) is 15.6. The Morgan fingerprint density at radius 3 is 2.79 bits per heavy atom. The first-order valence-corrected chi connectivity index (χ1v) is 9.26. The Bertz CT molecular complexity index is 949. The summed E-state index contributed by atoms with van der Waals surface area (Å²) in [6, 6.07) is 5.67. The largest absolute Gasteiger partial charge is 0.342 e. The molecule has 3 aromatic rings. The topological polar surface area (TPSA) is 96.8 Å². The van der Waals surface area contributed by atoms with Crippen molar-refractivity contribution >= 4 is 17.4 Å². The van der Waals surface area contributed by atoms with Crippen LogP contribution in [0.1, 0.15) is 31.5 Å². The summed E-state index contributed by atoms with van der Waals surface area (Å²) in [5.74, 6) is 1.58. The van der Waals surface area contributed by atoms with Gasteiger partial charge in [0.05, 0.1) is 17.6 Å². The number of aromatic nitrogens is 5. The van der Waals surface area contributed by atoms with Crippen LogP contribution in [0.5, 0.6) is 0 Å². The Morgan fingerprint density at radius 1 is 1.18 bits per heavy atom. The van der Waals surface area contributed by atoms with Crippen molar-refractivity contribution in [2.24, 2.45) is 0 Å². The Labute approximate surface area is 163 Å². The van der Waals surface area contributed by atoms with Crippen molar-refractivity contribution in [2.75, 3.05) is 18.4 Å². The molecule has 142 valence electrons. The summed E-state index contributed by atoms with van der Waals surface area (Å²) in [6.07, 6.45) is 10.3. The minimum Gasteiger partial charge on any atom is -0.342 e. The molecular formula is C20H21N7O. The van der Waals surface area contributed by atoms with E-state index in [1.165, 1.54) is 6.33 Å². The third-order valence-corrected chi connectivity index (χ3v) is 4.77. The lowest BCUT2D eigenvalue weighted by atomic mass is 9.97. The fourth-order valence-electron chi connectivity index (χ4n) is 3.35. The second-order valence-corrected chi connectivity index (χ2v) is 6.79. The highest BCUT2D eigenvalue weighted by molar-refractivity contribution is 5.73. The van der Waals surface area contributed by atoms with E-state index in [0.717, 1.165) is 42.2 Å². The monoisotopic (exact) mass is 375 g/mol. The molecule has 4 rings (SSSR count). The van der Waals surface area contributed by atoms with Crippen molar-refractivity contribution in [1.29, 1.82) is 0 Å². The molecule has 1 unspecified atom stereocenters. The van der Waals surface area contributed by atoms with Gasteiger partial charge in [-0.2, -0.15) is 0 Å². The van der Waals surface area contributed by atoms with Gasteiger partial charge in [0.25, 0.3) is 0 Å². The number of hydrogen-bond acceptors (Lipinski definition) is 7. The maximum atomic E-state index is 11.8. The summed E-state index contributed by atoms with van der Waals surface area (Å²) in [4.78, 5) is 35.5. The molecule has 0 aliphatic carbocycles. The number of piperidine rings is 1. The molecule has 8 nitrogen and oxygen atoms in total. The van der Waals surface area contributed by atoms with Crippen molar-refractivity contribution in [3.8, 4) is 11.3 Å². The van der Waals surface area contributed by atoms with Crippen LogP contribution in [-0.2, 0) is 4.79 Å². The maximum Gasteiger partial charge on any atom is 0.219 e. The quantitative estimate of drug-likeness (QED) is 0.749. The van der Waals surface area contributed by atoms with Gasteiger partial charge >= 0.3 is 0 Å². The maximum absolute atomic E-state index is 11.8. The van der Waals surface area contributed by atoms with E-state index in [2.05, 4.69) is 20.3 Å². The lowest BCUT2D eigenvalue weighted by Gasteiger charge is -2.31. The fourth-order valence-corrected chi connectivity index (χ4v) is 3.35. The number of nitrogens with one attached hydrogen (secondary N) is 1. The first-order valence-electron chi connectivity index (χ1n) is 9.26. The highest BCUT2D eigenvalue weighted by atomic mass is 16.2. The van der Waals surface area contributed by atoms with Crippen molar-refractivity contribution in [3.63, 3.8) is 0 Å². The molecule has 0 radical (unpaired) electrons. The van der Waals surface area contributed by atoms with Gasteiger partial charge in [-0.1, -0.05) is 0 Å². The molecule has 3 aromatic heterocycles. The molecule has 1 amide bonds. The molecule has 0 bridgehead atoms. The summed E-state index contributed by atoms with van der Waals surface area (Å²) in [6.45, 7) is 3.03. The van der Waals surface area contributed by atoms with E-state index < -0.39 is 0 Å². The second-order valence-electron chi connectivity index (χ2n) is 6.79. The standard InChI is InChI=1S/C20H21N7O/c1-14(28)27-7-3-4-15(12-27)20-25-18(16-9-22-13-23-10-16)8-19(26-20)24-17-5-2-6-21-11-17/h2,5-6,8-11,13,15H,3-4,7,12H2,1H3,(H,24,25,26). The second kappa shape index (κ2) is 8.08. The van der Waals surface area contributed by atoms with E-state index in [1.54, 1.807) is 31.7 Å². The van der Waals surface area contributed by atoms with Gasteiger partial charge in [0, 0.05) is 56.2 Å². The molecule has 28 heavy (non-hydrogen) atoms. The van der Waals surface area contributed by atoms with Gasteiger partial charge in [0.15, 0.2) is 0 Å². The number of hydrogen-bond donors (Lipinski definition) is 1. The van der Waals surface area contributed by atoms with Gasteiger partial charge < -0.3 is 10.2 Å². The molecule has 1 atom stereocenters. The van der Waals surface area contributed by atoms with Gasteiger partial charge in [-0.3, -0.25) is 9.78 Å². The summed E-state index contributed by atoms with van der Waals surface area (Å²) < 4.78 is 0. The van der Waals surface area contributed by atoms with Crippen LogP contribution in [0.4, 0.5) is 11.5 Å². The van der Waals surface area contributed by atoms with Gasteiger partial charge in [0.1, 0.15) is 18.0 Å². The van der Waals surface area contributed by atoms with Crippen LogP contribution >= 0.6 is 0 Å². The zero-order chi connectivity index (χ0) is 19.3. The number of nitrogens with zero attached hydrogens (tertiary/aromatic N) is 6. The number of amides is 1. The van der Waals surface area contributed by atoms with Gasteiger partial charge in [-0.15, -0.1) is 0 Å². The van der Waals surface area contributed by atoms with Crippen LogP contribution in [0.3, 0.4) is 0 Å². The van der Waals surface area contributed by atoms with E-state index in [9.17, 15) is 4.79 Å². The van der Waals surface area contributed by atoms with Crippen molar-refractivity contribution < 1.29 is 4.79 Å². The predicted molar refractivity (Wildman–Crippen MR) is 105 cm³/mol. The number of carbonyl (C=O) groups excluding carboxylic acids is 1. The van der Waals surface area contributed by atoms with Crippen LogP contribution in [0.15, 0.2) is 49.3 Å². The average Bonchev–Trinajstić information content (AvgIpc) is 2.75. The van der Waals surface area contributed by atoms with Gasteiger partial charge in [-0.05, 0) is 25.0 Å². The van der Waals surface area contributed by atoms with Crippen molar-refractivity contribution in [3.05, 3.63) is 55.1 Å². The molecule has 8 heteroatoms. The minimum atomic E-state index is 0.0889. The van der Waals surface area contributed by atoms with E-state index in [-0.39, 0.29) is 11.8 Å². The van der Waals surface area contributed by atoms with Crippen LogP contribution in [-0.4, -0.2) is 48.8 Å². The average molecular weight is 375 g/mol. The molecule has 0 saturated carbocycles. The molecular weight excluding hydrogens is 354 g/mol. The smallest absolute Gasteiger partial charge is 0.219 e. The van der Waals surface area contributed by atoms with E-state index in [4.69, 9.17) is 9.97 Å². The third kappa shape index (κ3) is 4.11. The van der Waals surface area contributed by atoms with E-state index >= 15 is 0 Å². The SMILES string of the molecule is CC(=O)N1CCCC(c2nc(Nc3cccnc3)cc(-c3cncnc3)n2)C1. The molecule has 1 aliphatic rings.